The second-order valence-electron chi connectivity index (χ2n) is 2.73. The highest BCUT2D eigenvalue weighted by molar-refractivity contribution is 6.31. The Hall–Kier alpha value is -0.750. The van der Waals surface area contributed by atoms with Gasteiger partial charge in [-0.3, -0.25) is 0 Å². The lowest BCUT2D eigenvalue weighted by Crippen LogP contribution is -1.85. The number of hydrogen-bond acceptors (Lipinski definition) is 0. The van der Waals surface area contributed by atoms with Crippen LogP contribution < -0.4 is 0 Å². The van der Waals surface area contributed by atoms with Crippen molar-refractivity contribution in [1.82, 2.24) is 0 Å². The van der Waals surface area contributed by atoms with Crippen molar-refractivity contribution in [3.8, 4) is 0 Å². The van der Waals surface area contributed by atoms with Gasteiger partial charge < -0.3 is 0 Å². The number of benzene rings is 1. The molecule has 1 rings (SSSR count). The van der Waals surface area contributed by atoms with Gasteiger partial charge in [-0.2, -0.15) is 0 Å². The smallest absolute Gasteiger partial charge is 0.0444 e. The number of hydrogen-bond donors (Lipinski definition) is 0. The van der Waals surface area contributed by atoms with Crippen molar-refractivity contribution in [2.75, 3.05) is 0 Å². The van der Waals surface area contributed by atoms with Crippen molar-refractivity contribution in [3.63, 3.8) is 0 Å². The van der Waals surface area contributed by atoms with Crippen molar-refractivity contribution >= 4 is 11.6 Å². The van der Waals surface area contributed by atoms with Gasteiger partial charge in [0.1, 0.15) is 0 Å². The molecule has 0 spiro atoms. The van der Waals surface area contributed by atoms with E-state index in [0.29, 0.717) is 0 Å². The summed E-state index contributed by atoms with van der Waals surface area (Å²) >= 11 is 6.02. The third-order valence-corrected chi connectivity index (χ3v) is 2.13. The lowest BCUT2D eigenvalue weighted by atomic mass is 10.1. The molecule has 0 aliphatic rings. The quantitative estimate of drug-likeness (QED) is 0.665. The van der Waals surface area contributed by atoms with Crippen LogP contribution in [-0.2, 0) is 6.42 Å². The molecular weight excluding hydrogens is 168 g/mol. The predicted octanol–water partition coefficient (Wildman–Crippen LogP) is 3.63. The van der Waals surface area contributed by atoms with Gasteiger partial charge in [-0.1, -0.05) is 43.7 Å². The van der Waals surface area contributed by atoms with E-state index in [1.54, 1.807) is 0 Å². The Morgan fingerprint density at radius 2 is 2.25 bits per heavy atom. The van der Waals surface area contributed by atoms with E-state index >= 15 is 0 Å². The summed E-state index contributed by atoms with van der Waals surface area (Å²) in [6, 6.07) is 5.93. The molecule has 0 aromatic heterocycles. The van der Waals surface area contributed by atoms with E-state index in [4.69, 9.17) is 11.6 Å². The van der Waals surface area contributed by atoms with E-state index in [0.717, 1.165) is 23.4 Å². The van der Waals surface area contributed by atoms with Crippen LogP contribution in [0.4, 0.5) is 0 Å². The lowest BCUT2D eigenvalue weighted by molar-refractivity contribution is 0.922. The highest BCUT2D eigenvalue weighted by Crippen LogP contribution is 2.19. The molecule has 0 unspecified atom stereocenters. The molecule has 12 heavy (non-hydrogen) atoms. The Morgan fingerprint density at radius 1 is 1.50 bits per heavy atom. The zero-order valence-electron chi connectivity index (χ0n) is 7.23. The Bertz CT molecular complexity index is 276. The maximum absolute atomic E-state index is 6.02. The van der Waals surface area contributed by atoms with E-state index in [9.17, 15) is 0 Å². The lowest BCUT2D eigenvalue weighted by Gasteiger charge is -2.02. The molecule has 1 aromatic rings. The van der Waals surface area contributed by atoms with Crippen molar-refractivity contribution in [3.05, 3.63) is 47.0 Å². The molecule has 0 saturated carbocycles. The van der Waals surface area contributed by atoms with Gasteiger partial charge in [0.15, 0.2) is 0 Å². The fourth-order valence-corrected chi connectivity index (χ4v) is 1.40. The van der Waals surface area contributed by atoms with Gasteiger partial charge in [0.2, 0.25) is 0 Å². The summed E-state index contributed by atoms with van der Waals surface area (Å²) < 4.78 is 0. The molecule has 63 valence electrons. The largest absolute Gasteiger partial charge is 0.0906 e. The van der Waals surface area contributed by atoms with Crippen molar-refractivity contribution in [2.24, 2.45) is 0 Å². The van der Waals surface area contributed by atoms with Gasteiger partial charge in [-0.05, 0) is 29.7 Å². The fraction of sp³-hybridized carbons (Fsp3) is 0.273. The first-order valence-electron chi connectivity index (χ1n) is 4.09. The maximum Gasteiger partial charge on any atom is 0.0444 e. The number of aryl methyl sites for hydroxylation is 1. The molecule has 0 atom stereocenters. The van der Waals surface area contributed by atoms with Crippen LogP contribution >= 0.6 is 11.6 Å². The van der Waals surface area contributed by atoms with E-state index in [-0.39, 0.29) is 0 Å². The molecule has 0 bridgehead atoms. The van der Waals surface area contributed by atoms with Crippen LogP contribution in [0.3, 0.4) is 0 Å². The van der Waals surface area contributed by atoms with Gasteiger partial charge in [0.25, 0.3) is 0 Å². The number of rotatable bonds is 3. The monoisotopic (exact) mass is 179 g/mol. The van der Waals surface area contributed by atoms with Crippen LogP contribution in [0.1, 0.15) is 24.5 Å². The van der Waals surface area contributed by atoms with E-state index < -0.39 is 0 Å². The summed E-state index contributed by atoms with van der Waals surface area (Å²) in [5.41, 5.74) is 2.16. The molecule has 0 amide bonds. The van der Waals surface area contributed by atoms with Gasteiger partial charge in [0, 0.05) is 5.02 Å². The van der Waals surface area contributed by atoms with Crippen LogP contribution in [0.2, 0.25) is 5.02 Å². The molecule has 0 heterocycles. The molecule has 0 nitrogen and oxygen atoms in total. The van der Waals surface area contributed by atoms with Gasteiger partial charge in [0.05, 0.1) is 0 Å². The second kappa shape index (κ2) is 4.32. The zero-order chi connectivity index (χ0) is 8.97. The minimum absolute atomic E-state index is 0.825. The molecule has 0 aliphatic carbocycles. The molecule has 0 N–H and O–H groups in total. The Morgan fingerprint density at radius 3 is 2.75 bits per heavy atom. The normalized spacial score (nSPS) is 9.83. The van der Waals surface area contributed by atoms with Gasteiger partial charge in [-0.15, -0.1) is 0 Å². The molecular formula is C11H12Cl. The van der Waals surface area contributed by atoms with Crippen LogP contribution in [0, 0.1) is 6.08 Å². The highest BCUT2D eigenvalue weighted by Gasteiger charge is 1.98. The topological polar surface area (TPSA) is 0 Å². The number of halogens is 1. The molecule has 1 radical (unpaired) electrons. The Balaban J connectivity index is 2.94. The summed E-state index contributed by atoms with van der Waals surface area (Å²) in [5.74, 6) is 0. The first-order chi connectivity index (χ1) is 5.77. The molecule has 1 heteroatoms. The van der Waals surface area contributed by atoms with E-state index in [1.165, 1.54) is 5.56 Å². The SMILES string of the molecule is C=[C]c1ccc(CCC)c(Cl)c1. The highest BCUT2D eigenvalue weighted by atomic mass is 35.5. The summed E-state index contributed by atoms with van der Waals surface area (Å²) in [7, 11) is 0. The molecule has 0 fully saturated rings. The fourth-order valence-electron chi connectivity index (χ4n) is 1.13. The summed E-state index contributed by atoms with van der Waals surface area (Å²) in [6.07, 6.45) is 4.96. The molecule has 1 aromatic carbocycles. The van der Waals surface area contributed by atoms with Crippen LogP contribution in [0.15, 0.2) is 24.8 Å². The Kier molecular flexibility index (Phi) is 3.36. The average Bonchev–Trinajstić information content (AvgIpc) is 2.09. The molecule has 0 saturated heterocycles. The van der Waals surface area contributed by atoms with E-state index in [2.05, 4.69) is 19.6 Å². The summed E-state index contributed by atoms with van der Waals surface area (Å²) in [4.78, 5) is 0. The third kappa shape index (κ3) is 2.12. The molecule has 0 aliphatic heterocycles. The van der Waals surface area contributed by atoms with Crippen molar-refractivity contribution in [1.29, 1.82) is 0 Å². The van der Waals surface area contributed by atoms with Gasteiger partial charge >= 0.3 is 0 Å². The first kappa shape index (κ1) is 9.34. The van der Waals surface area contributed by atoms with Crippen molar-refractivity contribution in [2.45, 2.75) is 19.8 Å². The first-order valence-corrected chi connectivity index (χ1v) is 4.47. The Labute approximate surface area is 78.9 Å². The van der Waals surface area contributed by atoms with E-state index in [1.807, 2.05) is 18.2 Å². The van der Waals surface area contributed by atoms with Crippen LogP contribution in [-0.4, -0.2) is 0 Å². The second-order valence-corrected chi connectivity index (χ2v) is 3.14. The maximum atomic E-state index is 6.02. The average molecular weight is 180 g/mol. The van der Waals surface area contributed by atoms with Crippen molar-refractivity contribution < 1.29 is 0 Å². The zero-order valence-corrected chi connectivity index (χ0v) is 7.99. The van der Waals surface area contributed by atoms with Crippen LogP contribution in [0.5, 0.6) is 0 Å². The summed E-state index contributed by atoms with van der Waals surface area (Å²) in [6.45, 7) is 5.71. The van der Waals surface area contributed by atoms with Gasteiger partial charge in [-0.25, -0.2) is 0 Å². The minimum atomic E-state index is 0.825. The third-order valence-electron chi connectivity index (χ3n) is 1.78. The van der Waals surface area contributed by atoms with Crippen LogP contribution in [0.25, 0.3) is 0 Å². The predicted molar refractivity (Wildman–Crippen MR) is 53.4 cm³/mol. The summed E-state index contributed by atoms with van der Waals surface area (Å²) in [5, 5.41) is 0.825. The standard InChI is InChI=1S/C11H12Cl/c1-3-5-10-7-6-9(4-2)8-11(10)12/h6-8H,2-3,5H2,1H3. The minimum Gasteiger partial charge on any atom is -0.0906 e.